The predicted molar refractivity (Wildman–Crippen MR) is 95.0 cm³/mol. The van der Waals surface area contributed by atoms with E-state index in [1.54, 1.807) is 18.2 Å². The van der Waals surface area contributed by atoms with E-state index in [-0.39, 0.29) is 11.6 Å². The SMILES string of the molecule is Fc1ccc(C2=NO[C@@]3(CCCc4nc5ccc(F)cc5cc43)C2)cc1. The third-order valence-electron chi connectivity index (χ3n) is 5.30. The molecule has 1 aliphatic carbocycles. The maximum atomic E-state index is 13.6. The fourth-order valence-electron chi connectivity index (χ4n) is 4.00. The summed E-state index contributed by atoms with van der Waals surface area (Å²) in [5.41, 5.74) is 3.87. The molecule has 5 rings (SSSR count). The van der Waals surface area contributed by atoms with E-state index in [1.165, 1.54) is 24.3 Å². The number of aromatic nitrogens is 1. The Morgan fingerprint density at radius 2 is 1.77 bits per heavy atom. The van der Waals surface area contributed by atoms with Gasteiger partial charge < -0.3 is 4.84 Å². The molecule has 2 heterocycles. The summed E-state index contributed by atoms with van der Waals surface area (Å²) in [5, 5.41) is 5.07. The zero-order chi connectivity index (χ0) is 17.7. The number of fused-ring (bicyclic) bond motifs is 3. The first kappa shape index (κ1) is 15.4. The van der Waals surface area contributed by atoms with Crippen molar-refractivity contribution in [3.8, 4) is 0 Å². The summed E-state index contributed by atoms with van der Waals surface area (Å²) in [7, 11) is 0. The summed E-state index contributed by atoms with van der Waals surface area (Å²) in [4.78, 5) is 10.7. The number of halogens is 2. The first-order chi connectivity index (χ1) is 12.6. The van der Waals surface area contributed by atoms with Gasteiger partial charge in [0.2, 0.25) is 0 Å². The fraction of sp³-hybridized carbons (Fsp3) is 0.238. The monoisotopic (exact) mass is 350 g/mol. The van der Waals surface area contributed by atoms with Gasteiger partial charge in [0.25, 0.3) is 0 Å². The van der Waals surface area contributed by atoms with E-state index in [2.05, 4.69) is 5.16 Å². The van der Waals surface area contributed by atoms with E-state index in [9.17, 15) is 8.78 Å². The van der Waals surface area contributed by atoms with Gasteiger partial charge in [0.15, 0.2) is 5.60 Å². The lowest BCUT2D eigenvalue weighted by molar-refractivity contribution is -0.0366. The van der Waals surface area contributed by atoms with Crippen LogP contribution >= 0.6 is 0 Å². The minimum Gasteiger partial charge on any atom is -0.384 e. The molecule has 5 heteroatoms. The smallest absolute Gasteiger partial charge is 0.170 e. The maximum absolute atomic E-state index is 13.6. The van der Waals surface area contributed by atoms with Crippen LogP contribution in [0.25, 0.3) is 10.9 Å². The lowest BCUT2D eigenvalue weighted by Gasteiger charge is -2.32. The average molecular weight is 350 g/mol. The standard InChI is InChI=1S/C21H16F2N2O/c22-15-5-3-13(4-6-15)20-12-21(26-25-20)9-1-2-19-17(21)11-14-10-16(23)7-8-18(14)24-19/h3-8,10-11H,1-2,9,12H2/t21-/m0/s1. The van der Waals surface area contributed by atoms with Crippen molar-refractivity contribution in [1.29, 1.82) is 0 Å². The lowest BCUT2D eigenvalue weighted by atomic mass is 9.77. The van der Waals surface area contributed by atoms with Crippen LogP contribution in [0.2, 0.25) is 0 Å². The Morgan fingerprint density at radius 1 is 0.962 bits per heavy atom. The van der Waals surface area contributed by atoms with Gasteiger partial charge in [0.1, 0.15) is 11.6 Å². The molecule has 130 valence electrons. The van der Waals surface area contributed by atoms with Crippen molar-refractivity contribution in [3.05, 3.63) is 77.0 Å². The largest absolute Gasteiger partial charge is 0.384 e. The van der Waals surface area contributed by atoms with Gasteiger partial charge >= 0.3 is 0 Å². The summed E-state index contributed by atoms with van der Waals surface area (Å²) in [6.45, 7) is 0. The molecule has 2 aromatic carbocycles. The van der Waals surface area contributed by atoms with Crippen molar-refractivity contribution in [2.45, 2.75) is 31.3 Å². The molecule has 0 saturated heterocycles. The van der Waals surface area contributed by atoms with Crippen molar-refractivity contribution in [1.82, 2.24) is 4.98 Å². The summed E-state index contributed by atoms with van der Waals surface area (Å²) in [6.07, 6.45) is 3.27. The number of nitrogens with zero attached hydrogens (tertiary/aromatic N) is 2. The third-order valence-corrected chi connectivity index (χ3v) is 5.30. The van der Waals surface area contributed by atoms with Gasteiger partial charge in [-0.2, -0.15) is 0 Å². The Kier molecular flexibility index (Phi) is 3.32. The summed E-state index contributed by atoms with van der Waals surface area (Å²) >= 11 is 0. The summed E-state index contributed by atoms with van der Waals surface area (Å²) in [5.74, 6) is -0.552. The molecule has 0 radical (unpaired) electrons. The number of aryl methyl sites for hydroxylation is 1. The summed E-state index contributed by atoms with van der Waals surface area (Å²) in [6, 6.07) is 12.9. The van der Waals surface area contributed by atoms with Gasteiger partial charge in [-0.1, -0.05) is 17.3 Å². The van der Waals surface area contributed by atoms with E-state index in [0.717, 1.165) is 52.7 Å². The van der Waals surface area contributed by atoms with Gasteiger partial charge in [-0.25, -0.2) is 8.78 Å². The van der Waals surface area contributed by atoms with Crippen molar-refractivity contribution in [3.63, 3.8) is 0 Å². The molecule has 1 spiro atoms. The highest BCUT2D eigenvalue weighted by atomic mass is 19.1. The molecule has 0 fully saturated rings. The van der Waals surface area contributed by atoms with Gasteiger partial charge in [-0.3, -0.25) is 4.98 Å². The highest BCUT2D eigenvalue weighted by molar-refractivity contribution is 6.01. The van der Waals surface area contributed by atoms with E-state index in [0.29, 0.717) is 6.42 Å². The molecule has 3 nitrogen and oxygen atoms in total. The van der Waals surface area contributed by atoms with Crippen LogP contribution in [0.5, 0.6) is 0 Å². The van der Waals surface area contributed by atoms with Crippen molar-refractivity contribution < 1.29 is 13.6 Å². The van der Waals surface area contributed by atoms with Crippen LogP contribution in [0.15, 0.2) is 53.7 Å². The molecule has 0 unspecified atom stereocenters. The molecular formula is C21H16F2N2O. The topological polar surface area (TPSA) is 34.5 Å². The van der Waals surface area contributed by atoms with E-state index in [4.69, 9.17) is 9.82 Å². The predicted octanol–water partition coefficient (Wildman–Crippen LogP) is 4.87. The number of oxime groups is 1. The molecule has 1 atom stereocenters. The van der Waals surface area contributed by atoms with Crippen LogP contribution in [0.4, 0.5) is 8.78 Å². The highest BCUT2D eigenvalue weighted by Crippen LogP contribution is 2.45. The molecule has 0 bridgehead atoms. The third kappa shape index (κ3) is 2.38. The van der Waals surface area contributed by atoms with Crippen LogP contribution in [0.1, 0.15) is 36.1 Å². The van der Waals surface area contributed by atoms with Gasteiger partial charge in [0.05, 0.1) is 11.2 Å². The number of rotatable bonds is 1. The Labute approximate surface area is 149 Å². The lowest BCUT2D eigenvalue weighted by Crippen LogP contribution is -2.31. The zero-order valence-corrected chi connectivity index (χ0v) is 14.0. The molecule has 0 amide bonds. The van der Waals surface area contributed by atoms with E-state index in [1.807, 2.05) is 6.07 Å². The van der Waals surface area contributed by atoms with Crippen molar-refractivity contribution >= 4 is 16.6 Å². The number of hydrogen-bond acceptors (Lipinski definition) is 3. The molecule has 26 heavy (non-hydrogen) atoms. The van der Waals surface area contributed by atoms with Crippen molar-refractivity contribution in [2.75, 3.05) is 0 Å². The van der Waals surface area contributed by atoms with Gasteiger partial charge in [-0.15, -0.1) is 0 Å². The quantitative estimate of drug-likeness (QED) is 0.627. The molecule has 2 aliphatic rings. The minimum absolute atomic E-state index is 0.274. The van der Waals surface area contributed by atoms with E-state index >= 15 is 0 Å². The number of benzene rings is 2. The molecule has 0 N–H and O–H groups in total. The molecular weight excluding hydrogens is 334 g/mol. The van der Waals surface area contributed by atoms with Crippen LogP contribution < -0.4 is 0 Å². The Hall–Kier alpha value is -2.82. The maximum Gasteiger partial charge on any atom is 0.170 e. The Morgan fingerprint density at radius 3 is 2.62 bits per heavy atom. The number of pyridine rings is 1. The fourth-order valence-corrected chi connectivity index (χ4v) is 4.00. The van der Waals surface area contributed by atoms with Gasteiger partial charge in [-0.05, 0) is 61.2 Å². The Bertz CT molecular complexity index is 1050. The van der Waals surface area contributed by atoms with Crippen molar-refractivity contribution in [2.24, 2.45) is 5.16 Å². The van der Waals surface area contributed by atoms with Crippen LogP contribution in [-0.4, -0.2) is 10.7 Å². The molecule has 1 aliphatic heterocycles. The first-order valence-electron chi connectivity index (χ1n) is 8.74. The molecule has 1 aromatic heterocycles. The van der Waals surface area contributed by atoms with Crippen LogP contribution in [0, 0.1) is 11.6 Å². The number of hydrogen-bond donors (Lipinski definition) is 0. The molecule has 0 saturated carbocycles. The van der Waals surface area contributed by atoms with Crippen LogP contribution in [-0.2, 0) is 16.9 Å². The zero-order valence-electron chi connectivity index (χ0n) is 14.0. The highest BCUT2D eigenvalue weighted by Gasteiger charge is 2.45. The second-order valence-corrected chi connectivity index (χ2v) is 6.98. The normalized spacial score (nSPS) is 21.5. The first-order valence-corrected chi connectivity index (χ1v) is 8.74. The molecule has 3 aromatic rings. The second-order valence-electron chi connectivity index (χ2n) is 6.98. The van der Waals surface area contributed by atoms with E-state index < -0.39 is 5.60 Å². The second kappa shape index (κ2) is 5.59. The minimum atomic E-state index is -0.565. The average Bonchev–Trinajstić information content (AvgIpc) is 3.06. The van der Waals surface area contributed by atoms with Crippen LogP contribution in [0.3, 0.4) is 0 Å². The van der Waals surface area contributed by atoms with Gasteiger partial charge in [0, 0.05) is 23.1 Å². The Balaban J connectivity index is 1.57. The summed E-state index contributed by atoms with van der Waals surface area (Å²) < 4.78 is 26.8.